The first-order valence-electron chi connectivity index (χ1n) is 7.41. The van der Waals surface area contributed by atoms with Crippen molar-refractivity contribution in [3.05, 3.63) is 24.0 Å². The smallest absolute Gasteiger partial charge is 0.270 e. The number of hydrogen-bond donors (Lipinski definition) is 1. The Kier molecular flexibility index (Phi) is 5.01. The zero-order chi connectivity index (χ0) is 15.4. The number of rotatable bonds is 4. The topological polar surface area (TPSA) is 57.6 Å². The van der Waals surface area contributed by atoms with E-state index in [-0.39, 0.29) is 24.4 Å². The molecule has 0 atom stereocenters. The normalized spacial score (nSPS) is 15.3. The minimum absolute atomic E-state index is 0.00926. The molecular weight excluding hydrogens is 268 g/mol. The van der Waals surface area contributed by atoms with Crippen molar-refractivity contribution < 1.29 is 9.59 Å². The Bertz CT molecular complexity index is 504. The van der Waals surface area contributed by atoms with Crippen LogP contribution in [0, 0.1) is 0 Å². The van der Waals surface area contributed by atoms with Crippen LogP contribution in [0.4, 0.5) is 0 Å². The molecule has 6 nitrogen and oxygen atoms in total. The van der Waals surface area contributed by atoms with Gasteiger partial charge in [-0.3, -0.25) is 9.59 Å². The lowest BCUT2D eigenvalue weighted by Crippen LogP contribution is -2.49. The van der Waals surface area contributed by atoms with Crippen LogP contribution in [0.25, 0.3) is 0 Å². The van der Waals surface area contributed by atoms with Crippen LogP contribution in [0.3, 0.4) is 0 Å². The second kappa shape index (κ2) is 6.76. The second-order valence-corrected chi connectivity index (χ2v) is 5.69. The van der Waals surface area contributed by atoms with Gasteiger partial charge in [-0.25, -0.2) is 0 Å². The summed E-state index contributed by atoms with van der Waals surface area (Å²) < 4.78 is 1.92. The van der Waals surface area contributed by atoms with Gasteiger partial charge in [0.1, 0.15) is 5.69 Å². The molecule has 0 saturated carbocycles. The largest absolute Gasteiger partial charge is 0.341 e. The van der Waals surface area contributed by atoms with E-state index in [0.717, 1.165) is 13.1 Å². The number of likely N-dealkylation sites (N-methyl/N-ethyl adjacent to an activating group) is 1. The standard InChI is InChI=1S/C15H24N4O2/c1-12(2)19-8-4-5-13(19)15(21)17(3)11-14(20)18-9-6-16-7-10-18/h4-5,8,12,16H,6-7,9-11H2,1-3H3. The molecule has 1 saturated heterocycles. The second-order valence-electron chi connectivity index (χ2n) is 5.69. The minimum Gasteiger partial charge on any atom is -0.341 e. The first-order valence-corrected chi connectivity index (χ1v) is 7.41. The Morgan fingerprint density at radius 2 is 2.00 bits per heavy atom. The Balaban J connectivity index is 1.98. The van der Waals surface area contributed by atoms with E-state index in [1.54, 1.807) is 13.1 Å². The summed E-state index contributed by atoms with van der Waals surface area (Å²) in [5, 5.41) is 3.21. The van der Waals surface area contributed by atoms with Crippen LogP contribution >= 0.6 is 0 Å². The molecule has 1 N–H and O–H groups in total. The Morgan fingerprint density at radius 1 is 1.33 bits per heavy atom. The van der Waals surface area contributed by atoms with Gasteiger partial charge in [0.05, 0.1) is 6.54 Å². The lowest BCUT2D eigenvalue weighted by atomic mass is 10.3. The molecule has 21 heavy (non-hydrogen) atoms. The highest BCUT2D eigenvalue weighted by Crippen LogP contribution is 2.12. The third-order valence-corrected chi connectivity index (χ3v) is 3.74. The van der Waals surface area contributed by atoms with Crippen molar-refractivity contribution >= 4 is 11.8 Å². The maximum Gasteiger partial charge on any atom is 0.270 e. The van der Waals surface area contributed by atoms with Gasteiger partial charge in [-0.15, -0.1) is 0 Å². The lowest BCUT2D eigenvalue weighted by Gasteiger charge is -2.29. The fourth-order valence-electron chi connectivity index (χ4n) is 2.51. The number of aromatic nitrogens is 1. The molecule has 1 fully saturated rings. The molecule has 1 aromatic rings. The summed E-state index contributed by atoms with van der Waals surface area (Å²) in [5.41, 5.74) is 0.626. The summed E-state index contributed by atoms with van der Waals surface area (Å²) in [6, 6.07) is 3.88. The van der Waals surface area contributed by atoms with Crippen LogP contribution in [0.1, 0.15) is 30.4 Å². The summed E-state index contributed by atoms with van der Waals surface area (Å²) >= 11 is 0. The quantitative estimate of drug-likeness (QED) is 0.883. The van der Waals surface area contributed by atoms with Gasteiger partial charge in [-0.2, -0.15) is 0 Å². The van der Waals surface area contributed by atoms with Gasteiger partial charge in [-0.1, -0.05) is 0 Å². The van der Waals surface area contributed by atoms with E-state index < -0.39 is 0 Å². The first-order chi connectivity index (χ1) is 10.0. The van der Waals surface area contributed by atoms with Crippen molar-refractivity contribution in [3.63, 3.8) is 0 Å². The number of piperazine rings is 1. The molecule has 0 radical (unpaired) electrons. The maximum absolute atomic E-state index is 12.5. The molecule has 0 bridgehead atoms. The number of amides is 2. The fourth-order valence-corrected chi connectivity index (χ4v) is 2.51. The molecule has 2 heterocycles. The lowest BCUT2D eigenvalue weighted by molar-refractivity contribution is -0.132. The van der Waals surface area contributed by atoms with E-state index in [1.807, 2.05) is 35.6 Å². The van der Waals surface area contributed by atoms with Crippen molar-refractivity contribution in [1.82, 2.24) is 19.7 Å². The van der Waals surface area contributed by atoms with E-state index >= 15 is 0 Å². The predicted molar refractivity (Wildman–Crippen MR) is 81.2 cm³/mol. The van der Waals surface area contributed by atoms with Gasteiger partial charge in [0.25, 0.3) is 5.91 Å². The predicted octanol–water partition coefficient (Wildman–Crippen LogP) is 0.573. The van der Waals surface area contributed by atoms with Gasteiger partial charge >= 0.3 is 0 Å². The highest BCUT2D eigenvalue weighted by Gasteiger charge is 2.22. The van der Waals surface area contributed by atoms with E-state index in [0.29, 0.717) is 18.8 Å². The molecular formula is C15H24N4O2. The monoisotopic (exact) mass is 292 g/mol. The molecule has 6 heteroatoms. The third-order valence-electron chi connectivity index (χ3n) is 3.74. The maximum atomic E-state index is 12.5. The fraction of sp³-hybridized carbons (Fsp3) is 0.600. The summed E-state index contributed by atoms with van der Waals surface area (Å²) in [4.78, 5) is 28.0. The van der Waals surface area contributed by atoms with Crippen LogP contribution in [0.5, 0.6) is 0 Å². The van der Waals surface area contributed by atoms with E-state index in [9.17, 15) is 9.59 Å². The van der Waals surface area contributed by atoms with Crippen molar-refractivity contribution in [3.8, 4) is 0 Å². The van der Waals surface area contributed by atoms with Crippen LogP contribution in [0.15, 0.2) is 18.3 Å². The molecule has 0 aromatic carbocycles. The molecule has 1 aliphatic heterocycles. The summed E-state index contributed by atoms with van der Waals surface area (Å²) in [7, 11) is 1.68. The highest BCUT2D eigenvalue weighted by molar-refractivity contribution is 5.95. The first kappa shape index (κ1) is 15.6. The molecule has 0 spiro atoms. The van der Waals surface area contributed by atoms with Gasteiger partial charge in [0.15, 0.2) is 0 Å². The van der Waals surface area contributed by atoms with Crippen LogP contribution < -0.4 is 5.32 Å². The summed E-state index contributed by atoms with van der Waals surface area (Å²) in [6.07, 6.45) is 1.89. The third kappa shape index (κ3) is 3.64. The number of nitrogens with one attached hydrogen (secondary N) is 1. The Morgan fingerprint density at radius 3 is 2.62 bits per heavy atom. The van der Waals surface area contributed by atoms with Crippen LogP contribution in [-0.2, 0) is 4.79 Å². The van der Waals surface area contributed by atoms with Crippen molar-refractivity contribution in [2.75, 3.05) is 39.8 Å². The number of carbonyl (C=O) groups excluding carboxylic acids is 2. The zero-order valence-corrected chi connectivity index (χ0v) is 13.0. The van der Waals surface area contributed by atoms with Gasteiger partial charge in [-0.05, 0) is 26.0 Å². The summed E-state index contributed by atoms with van der Waals surface area (Å²) in [5.74, 6) is -0.104. The minimum atomic E-state index is -0.114. The molecule has 0 aliphatic carbocycles. The molecule has 116 valence electrons. The summed E-state index contributed by atoms with van der Waals surface area (Å²) in [6.45, 7) is 7.25. The van der Waals surface area contributed by atoms with E-state index in [2.05, 4.69) is 5.32 Å². The van der Waals surface area contributed by atoms with E-state index in [4.69, 9.17) is 0 Å². The van der Waals surface area contributed by atoms with Crippen molar-refractivity contribution in [2.24, 2.45) is 0 Å². The Hall–Kier alpha value is -1.82. The van der Waals surface area contributed by atoms with Gasteiger partial charge in [0, 0.05) is 45.5 Å². The molecule has 1 aromatic heterocycles. The molecule has 0 unspecified atom stereocenters. The zero-order valence-electron chi connectivity index (χ0n) is 13.0. The number of carbonyl (C=O) groups is 2. The van der Waals surface area contributed by atoms with Gasteiger partial charge < -0.3 is 19.7 Å². The van der Waals surface area contributed by atoms with Crippen LogP contribution in [0.2, 0.25) is 0 Å². The molecule has 2 rings (SSSR count). The van der Waals surface area contributed by atoms with Crippen molar-refractivity contribution in [2.45, 2.75) is 19.9 Å². The molecule has 1 aliphatic rings. The average molecular weight is 292 g/mol. The van der Waals surface area contributed by atoms with Gasteiger partial charge in [0.2, 0.25) is 5.91 Å². The molecule has 2 amide bonds. The number of nitrogens with zero attached hydrogens (tertiary/aromatic N) is 3. The van der Waals surface area contributed by atoms with E-state index in [1.165, 1.54) is 4.90 Å². The average Bonchev–Trinajstić information content (AvgIpc) is 2.96. The number of hydrogen-bond acceptors (Lipinski definition) is 3. The van der Waals surface area contributed by atoms with Crippen molar-refractivity contribution in [1.29, 1.82) is 0 Å². The highest BCUT2D eigenvalue weighted by atomic mass is 16.2. The SMILES string of the molecule is CC(C)n1cccc1C(=O)N(C)CC(=O)N1CCNCC1. The van der Waals surface area contributed by atoms with Crippen LogP contribution in [-0.4, -0.2) is 66.0 Å². The Labute approximate surface area is 125 Å².